The third-order valence-electron chi connectivity index (χ3n) is 3.22. The van der Waals surface area contributed by atoms with E-state index in [0.29, 0.717) is 6.01 Å². The molecule has 0 amide bonds. The maximum absolute atomic E-state index is 5.17. The van der Waals surface area contributed by atoms with Crippen molar-refractivity contribution in [2.45, 2.75) is 19.5 Å². The third-order valence-corrected chi connectivity index (χ3v) is 3.22. The number of methoxy groups -OCH3 is 1. The van der Waals surface area contributed by atoms with E-state index >= 15 is 0 Å². The molecule has 0 unspecified atom stereocenters. The number of aromatic amines is 1. The van der Waals surface area contributed by atoms with Crippen molar-refractivity contribution in [3.05, 3.63) is 35.3 Å². The van der Waals surface area contributed by atoms with Crippen LogP contribution in [0.15, 0.2) is 18.5 Å². The molecule has 0 saturated heterocycles. The minimum absolute atomic E-state index is 0.428. The van der Waals surface area contributed by atoms with Crippen molar-refractivity contribution < 1.29 is 4.74 Å². The third kappa shape index (κ3) is 2.53. The molecule has 3 rings (SSSR count). The van der Waals surface area contributed by atoms with Gasteiger partial charge in [-0.3, -0.25) is 0 Å². The first-order valence-electron chi connectivity index (χ1n) is 6.37. The average Bonchev–Trinajstić information content (AvgIpc) is 2.97. The maximum atomic E-state index is 5.17. The monoisotopic (exact) mass is 259 g/mol. The Bertz CT molecular complexity index is 552. The topological polar surface area (TPSA) is 74.9 Å². The van der Waals surface area contributed by atoms with Crippen molar-refractivity contribution in [1.29, 1.82) is 0 Å². The second kappa shape index (κ2) is 5.27. The molecule has 100 valence electrons. The number of fused-ring (bicyclic) bond motifs is 1. The number of hydrogen-bond donors (Lipinski definition) is 3. The van der Waals surface area contributed by atoms with Crippen molar-refractivity contribution in [3.63, 3.8) is 0 Å². The quantitative estimate of drug-likeness (QED) is 0.766. The molecule has 0 radical (unpaired) electrons. The minimum Gasteiger partial charge on any atom is -0.467 e. The van der Waals surface area contributed by atoms with E-state index < -0.39 is 0 Å². The van der Waals surface area contributed by atoms with Crippen molar-refractivity contribution in [3.8, 4) is 6.01 Å². The van der Waals surface area contributed by atoms with E-state index in [4.69, 9.17) is 4.74 Å². The number of nitrogens with one attached hydrogen (secondary N) is 3. The van der Waals surface area contributed by atoms with Crippen LogP contribution in [0, 0.1) is 0 Å². The molecule has 19 heavy (non-hydrogen) atoms. The van der Waals surface area contributed by atoms with Gasteiger partial charge in [0.15, 0.2) is 0 Å². The van der Waals surface area contributed by atoms with Crippen LogP contribution in [0.1, 0.15) is 16.8 Å². The Hall–Kier alpha value is -2.08. The number of hydrogen-bond acceptors (Lipinski definition) is 5. The first kappa shape index (κ1) is 12.0. The summed E-state index contributed by atoms with van der Waals surface area (Å²) < 4.78 is 5.17. The van der Waals surface area contributed by atoms with E-state index in [-0.39, 0.29) is 0 Å². The molecule has 2 aromatic rings. The SMILES string of the molecule is COc1nc2c(c(NCc3cc[nH]c3)n1)CNCC2. The molecule has 3 heterocycles. The number of nitrogens with zero attached hydrogens (tertiary/aromatic N) is 2. The van der Waals surface area contributed by atoms with E-state index in [1.54, 1.807) is 7.11 Å². The minimum atomic E-state index is 0.428. The molecule has 0 saturated carbocycles. The van der Waals surface area contributed by atoms with Crippen LogP contribution in [0.3, 0.4) is 0 Å². The first-order valence-corrected chi connectivity index (χ1v) is 6.37. The van der Waals surface area contributed by atoms with E-state index in [9.17, 15) is 0 Å². The van der Waals surface area contributed by atoms with Crippen molar-refractivity contribution in [1.82, 2.24) is 20.3 Å². The fraction of sp³-hybridized carbons (Fsp3) is 0.385. The fourth-order valence-electron chi connectivity index (χ4n) is 2.21. The van der Waals surface area contributed by atoms with Gasteiger partial charge in [-0.2, -0.15) is 9.97 Å². The van der Waals surface area contributed by atoms with Crippen LogP contribution >= 0.6 is 0 Å². The molecule has 1 aliphatic rings. The van der Waals surface area contributed by atoms with E-state index in [2.05, 4.69) is 25.6 Å². The van der Waals surface area contributed by atoms with Gasteiger partial charge in [-0.15, -0.1) is 0 Å². The highest BCUT2D eigenvalue weighted by atomic mass is 16.5. The highest BCUT2D eigenvalue weighted by Crippen LogP contribution is 2.22. The first-order chi connectivity index (χ1) is 9.36. The number of ether oxygens (including phenoxy) is 1. The fourth-order valence-corrected chi connectivity index (χ4v) is 2.21. The van der Waals surface area contributed by atoms with Crippen LogP contribution in [0.2, 0.25) is 0 Å². The van der Waals surface area contributed by atoms with Gasteiger partial charge in [0, 0.05) is 44.0 Å². The van der Waals surface area contributed by atoms with Gasteiger partial charge < -0.3 is 20.4 Å². The standard InChI is InChI=1S/C13H17N5O/c1-19-13-17-11-3-5-15-8-10(11)12(18-13)16-7-9-2-4-14-6-9/h2,4,6,14-15H,3,5,7-8H2,1H3,(H,16,17,18). The van der Waals surface area contributed by atoms with Crippen LogP contribution in [0.25, 0.3) is 0 Å². The molecule has 0 fully saturated rings. The van der Waals surface area contributed by atoms with Crippen LogP contribution < -0.4 is 15.4 Å². The van der Waals surface area contributed by atoms with Crippen LogP contribution in [-0.4, -0.2) is 28.6 Å². The maximum Gasteiger partial charge on any atom is 0.318 e. The van der Waals surface area contributed by atoms with Gasteiger partial charge in [0.25, 0.3) is 0 Å². The van der Waals surface area contributed by atoms with E-state index in [1.165, 1.54) is 5.56 Å². The molecule has 6 heteroatoms. The number of aromatic nitrogens is 3. The molecule has 0 atom stereocenters. The Balaban J connectivity index is 1.86. The van der Waals surface area contributed by atoms with Crippen molar-refractivity contribution in [2.24, 2.45) is 0 Å². The zero-order valence-electron chi connectivity index (χ0n) is 10.9. The molecule has 1 aliphatic heterocycles. The lowest BCUT2D eigenvalue weighted by Crippen LogP contribution is -2.26. The number of anilines is 1. The highest BCUT2D eigenvalue weighted by molar-refractivity contribution is 5.48. The van der Waals surface area contributed by atoms with Gasteiger partial charge in [0.05, 0.1) is 12.8 Å². The summed E-state index contributed by atoms with van der Waals surface area (Å²) in [5.74, 6) is 0.857. The molecule has 3 N–H and O–H groups in total. The predicted molar refractivity (Wildman–Crippen MR) is 72.1 cm³/mol. The lowest BCUT2D eigenvalue weighted by atomic mass is 10.1. The summed E-state index contributed by atoms with van der Waals surface area (Å²) in [7, 11) is 1.60. The Morgan fingerprint density at radius 3 is 3.16 bits per heavy atom. The summed E-state index contributed by atoms with van der Waals surface area (Å²) in [5, 5.41) is 6.70. The van der Waals surface area contributed by atoms with Gasteiger partial charge in [-0.1, -0.05) is 0 Å². The van der Waals surface area contributed by atoms with Crippen molar-refractivity contribution in [2.75, 3.05) is 19.0 Å². The van der Waals surface area contributed by atoms with Crippen LogP contribution in [-0.2, 0) is 19.5 Å². The molecule has 2 aromatic heterocycles. The summed E-state index contributed by atoms with van der Waals surface area (Å²) in [6.07, 6.45) is 4.79. The summed E-state index contributed by atoms with van der Waals surface area (Å²) in [6, 6.07) is 2.47. The average molecular weight is 259 g/mol. The van der Waals surface area contributed by atoms with Crippen LogP contribution in [0.5, 0.6) is 6.01 Å². The molecule has 0 spiro atoms. The zero-order chi connectivity index (χ0) is 13.1. The summed E-state index contributed by atoms with van der Waals surface area (Å²) in [6.45, 7) is 2.48. The van der Waals surface area contributed by atoms with Gasteiger partial charge in [0.1, 0.15) is 5.82 Å². The van der Waals surface area contributed by atoms with Gasteiger partial charge >= 0.3 is 6.01 Å². The molecule has 0 bridgehead atoms. The molecule has 0 aliphatic carbocycles. The smallest absolute Gasteiger partial charge is 0.318 e. The van der Waals surface area contributed by atoms with E-state index in [0.717, 1.165) is 43.1 Å². The van der Waals surface area contributed by atoms with Crippen molar-refractivity contribution >= 4 is 5.82 Å². The molecular formula is C13H17N5O. The lowest BCUT2D eigenvalue weighted by Gasteiger charge is -2.20. The summed E-state index contributed by atoms with van der Waals surface area (Å²) >= 11 is 0. The Morgan fingerprint density at radius 1 is 1.42 bits per heavy atom. The molecule has 0 aromatic carbocycles. The summed E-state index contributed by atoms with van der Waals surface area (Å²) in [4.78, 5) is 11.9. The Labute approximate surface area is 111 Å². The van der Waals surface area contributed by atoms with Gasteiger partial charge in [-0.05, 0) is 11.6 Å². The second-order valence-electron chi connectivity index (χ2n) is 4.48. The Kier molecular flexibility index (Phi) is 3.33. The predicted octanol–water partition coefficient (Wildman–Crippen LogP) is 1.07. The molecule has 6 nitrogen and oxygen atoms in total. The van der Waals surface area contributed by atoms with Gasteiger partial charge in [0.2, 0.25) is 0 Å². The van der Waals surface area contributed by atoms with Crippen LogP contribution in [0.4, 0.5) is 5.82 Å². The molecular weight excluding hydrogens is 242 g/mol. The number of rotatable bonds is 4. The Morgan fingerprint density at radius 2 is 2.37 bits per heavy atom. The largest absolute Gasteiger partial charge is 0.467 e. The normalized spacial score (nSPS) is 13.9. The zero-order valence-corrected chi connectivity index (χ0v) is 10.9. The second-order valence-corrected chi connectivity index (χ2v) is 4.48. The lowest BCUT2D eigenvalue weighted by molar-refractivity contribution is 0.376. The van der Waals surface area contributed by atoms with Gasteiger partial charge in [-0.25, -0.2) is 0 Å². The summed E-state index contributed by atoms with van der Waals surface area (Å²) in [5.41, 5.74) is 3.40. The number of H-pyrrole nitrogens is 1. The highest BCUT2D eigenvalue weighted by Gasteiger charge is 2.17. The van der Waals surface area contributed by atoms with E-state index in [1.807, 2.05) is 18.5 Å².